The highest BCUT2D eigenvalue weighted by Crippen LogP contribution is 2.29. The van der Waals surface area contributed by atoms with Crippen molar-refractivity contribution in [2.24, 2.45) is 0 Å². The SMILES string of the molecule is OCCOB(OCCO)Oc1c(F)c(F)c(F)c(F)c1F. The summed E-state index contributed by atoms with van der Waals surface area (Å²) in [7, 11) is -1.88. The molecule has 2 N–H and O–H groups in total. The van der Waals surface area contributed by atoms with Crippen LogP contribution in [0.5, 0.6) is 5.75 Å². The van der Waals surface area contributed by atoms with Gasteiger partial charge in [0.15, 0.2) is 5.75 Å². The predicted molar refractivity (Wildman–Crippen MR) is 58.7 cm³/mol. The van der Waals surface area contributed by atoms with Crippen LogP contribution in [0.3, 0.4) is 0 Å². The highest BCUT2D eigenvalue weighted by molar-refractivity contribution is 6.37. The third-order valence-electron chi connectivity index (χ3n) is 2.07. The first kappa shape index (κ1) is 17.6. The van der Waals surface area contributed by atoms with Crippen molar-refractivity contribution in [3.8, 4) is 5.75 Å². The molecule has 118 valence electrons. The predicted octanol–water partition coefficient (Wildman–Crippen LogP) is 0.764. The van der Waals surface area contributed by atoms with E-state index in [1.807, 2.05) is 0 Å². The van der Waals surface area contributed by atoms with E-state index in [9.17, 15) is 22.0 Å². The second-order valence-electron chi connectivity index (χ2n) is 3.49. The number of aliphatic hydroxyl groups excluding tert-OH is 2. The van der Waals surface area contributed by atoms with Crippen molar-refractivity contribution in [3.05, 3.63) is 29.1 Å². The van der Waals surface area contributed by atoms with Crippen LogP contribution in [0, 0.1) is 29.1 Å². The average molecular weight is 316 g/mol. The van der Waals surface area contributed by atoms with Crippen molar-refractivity contribution >= 4 is 7.32 Å². The zero-order chi connectivity index (χ0) is 16.0. The standard InChI is InChI=1S/C10H10BF5O5/c12-5-6(13)8(15)10(9(16)7(5)14)21-11(19-3-1-17)20-4-2-18/h17-18H,1-4H2. The molecule has 11 heteroatoms. The van der Waals surface area contributed by atoms with Crippen LogP contribution in [0.2, 0.25) is 0 Å². The fourth-order valence-corrected chi connectivity index (χ4v) is 1.20. The highest BCUT2D eigenvalue weighted by Gasteiger charge is 2.32. The second-order valence-corrected chi connectivity index (χ2v) is 3.49. The molecule has 1 aromatic rings. The lowest BCUT2D eigenvalue weighted by atomic mass is 10.2. The smallest absolute Gasteiger partial charge is 0.507 e. The Labute approximate surface area is 116 Å². The van der Waals surface area contributed by atoms with Crippen LogP contribution in [0.4, 0.5) is 22.0 Å². The molecule has 0 bridgehead atoms. The maximum atomic E-state index is 13.4. The van der Waals surface area contributed by atoms with Gasteiger partial charge in [-0.05, 0) is 0 Å². The van der Waals surface area contributed by atoms with Crippen LogP contribution in [-0.4, -0.2) is 44.0 Å². The summed E-state index contributed by atoms with van der Waals surface area (Å²) in [6.45, 7) is -1.82. The third-order valence-corrected chi connectivity index (χ3v) is 2.07. The van der Waals surface area contributed by atoms with Gasteiger partial charge in [0.1, 0.15) is 0 Å². The van der Waals surface area contributed by atoms with E-state index < -0.39 is 68.6 Å². The Bertz CT molecular complexity index is 452. The summed E-state index contributed by atoms with van der Waals surface area (Å²) in [6, 6.07) is 0. The number of hydrogen-bond acceptors (Lipinski definition) is 5. The zero-order valence-electron chi connectivity index (χ0n) is 10.4. The minimum absolute atomic E-state index is 0.397. The summed E-state index contributed by atoms with van der Waals surface area (Å²) in [6.07, 6.45) is 0. The topological polar surface area (TPSA) is 68.2 Å². The zero-order valence-corrected chi connectivity index (χ0v) is 10.4. The molecule has 0 aliphatic rings. The fourth-order valence-electron chi connectivity index (χ4n) is 1.20. The summed E-state index contributed by atoms with van der Waals surface area (Å²) in [5, 5.41) is 17.1. The van der Waals surface area contributed by atoms with Crippen LogP contribution in [-0.2, 0) is 9.31 Å². The first-order chi connectivity index (χ1) is 9.93. The van der Waals surface area contributed by atoms with Crippen molar-refractivity contribution in [1.29, 1.82) is 0 Å². The molecule has 0 spiro atoms. The molecule has 1 rings (SSSR count). The number of rotatable bonds is 8. The van der Waals surface area contributed by atoms with Crippen LogP contribution >= 0.6 is 0 Å². The largest absolute Gasteiger partial charge is 0.713 e. The average Bonchev–Trinajstić information content (AvgIpc) is 2.49. The van der Waals surface area contributed by atoms with E-state index in [1.54, 1.807) is 0 Å². The molecular formula is C10H10BF5O5. The Morgan fingerprint density at radius 2 is 1.10 bits per heavy atom. The van der Waals surface area contributed by atoms with Crippen molar-refractivity contribution in [3.63, 3.8) is 0 Å². The maximum Gasteiger partial charge on any atom is 0.713 e. The van der Waals surface area contributed by atoms with Crippen LogP contribution < -0.4 is 4.65 Å². The Morgan fingerprint density at radius 1 is 0.714 bits per heavy atom. The van der Waals surface area contributed by atoms with Crippen molar-refractivity contribution in [1.82, 2.24) is 0 Å². The minimum Gasteiger partial charge on any atom is -0.507 e. The van der Waals surface area contributed by atoms with Crippen molar-refractivity contribution in [2.45, 2.75) is 0 Å². The molecule has 0 aliphatic carbocycles. The van der Waals surface area contributed by atoms with Crippen LogP contribution in [0.25, 0.3) is 0 Å². The van der Waals surface area contributed by atoms with Gasteiger partial charge in [-0.1, -0.05) is 0 Å². The molecule has 0 heterocycles. The summed E-state index contributed by atoms with van der Waals surface area (Å²) < 4.78 is 79.2. The lowest BCUT2D eigenvalue weighted by molar-refractivity contribution is 0.0940. The summed E-state index contributed by atoms with van der Waals surface area (Å²) in [4.78, 5) is 0. The van der Waals surface area contributed by atoms with Gasteiger partial charge in [-0.3, -0.25) is 0 Å². The van der Waals surface area contributed by atoms with Crippen LogP contribution in [0.1, 0.15) is 0 Å². The van der Waals surface area contributed by atoms with E-state index in [2.05, 4.69) is 14.0 Å². The molecule has 0 aliphatic heterocycles. The Hall–Kier alpha value is -1.43. The first-order valence-electron chi connectivity index (χ1n) is 5.57. The lowest BCUT2D eigenvalue weighted by Crippen LogP contribution is -2.33. The van der Waals surface area contributed by atoms with Gasteiger partial charge >= 0.3 is 7.32 Å². The number of aliphatic hydroxyl groups is 2. The molecule has 0 aromatic heterocycles. The van der Waals surface area contributed by atoms with Gasteiger partial charge < -0.3 is 24.2 Å². The van der Waals surface area contributed by atoms with Crippen LogP contribution in [0.15, 0.2) is 0 Å². The fraction of sp³-hybridized carbons (Fsp3) is 0.400. The third kappa shape index (κ3) is 4.27. The molecule has 0 saturated heterocycles. The summed E-state index contributed by atoms with van der Waals surface area (Å²) in [5.74, 6) is -12.7. The Morgan fingerprint density at radius 3 is 1.48 bits per heavy atom. The quantitative estimate of drug-likeness (QED) is 0.321. The van der Waals surface area contributed by atoms with Gasteiger partial charge in [-0.25, -0.2) is 13.2 Å². The molecule has 1 aromatic carbocycles. The highest BCUT2D eigenvalue weighted by atomic mass is 19.2. The molecule has 5 nitrogen and oxygen atoms in total. The van der Waals surface area contributed by atoms with Gasteiger partial charge in [0.2, 0.25) is 29.1 Å². The number of hydrogen-bond donors (Lipinski definition) is 2. The maximum absolute atomic E-state index is 13.4. The van der Waals surface area contributed by atoms with E-state index in [0.717, 1.165) is 0 Å². The molecule has 21 heavy (non-hydrogen) atoms. The Balaban J connectivity index is 3.02. The second kappa shape index (κ2) is 8.12. The van der Waals surface area contributed by atoms with Crippen molar-refractivity contribution in [2.75, 3.05) is 26.4 Å². The molecule has 0 saturated carbocycles. The van der Waals surface area contributed by atoms with Gasteiger partial charge in [0.05, 0.1) is 26.4 Å². The van der Waals surface area contributed by atoms with Gasteiger partial charge in [-0.15, -0.1) is 0 Å². The lowest BCUT2D eigenvalue weighted by Gasteiger charge is -2.16. The number of benzene rings is 1. The monoisotopic (exact) mass is 316 g/mol. The minimum atomic E-state index is -2.33. The molecular weight excluding hydrogens is 306 g/mol. The van der Waals surface area contributed by atoms with E-state index in [-0.39, 0.29) is 0 Å². The summed E-state index contributed by atoms with van der Waals surface area (Å²) >= 11 is 0. The van der Waals surface area contributed by atoms with E-state index >= 15 is 0 Å². The van der Waals surface area contributed by atoms with E-state index in [0.29, 0.717) is 0 Å². The number of halogens is 5. The molecule has 0 unspecified atom stereocenters. The molecule has 0 radical (unpaired) electrons. The molecule has 0 atom stereocenters. The van der Waals surface area contributed by atoms with E-state index in [4.69, 9.17) is 10.2 Å². The first-order valence-corrected chi connectivity index (χ1v) is 5.57. The Kier molecular flexibility index (Phi) is 6.82. The normalized spacial score (nSPS) is 10.8. The van der Waals surface area contributed by atoms with E-state index in [1.165, 1.54) is 0 Å². The summed E-state index contributed by atoms with van der Waals surface area (Å²) in [5.41, 5.74) is 0. The van der Waals surface area contributed by atoms with Crippen molar-refractivity contribution < 1.29 is 46.1 Å². The van der Waals surface area contributed by atoms with Gasteiger partial charge in [-0.2, -0.15) is 8.78 Å². The molecule has 0 amide bonds. The molecule has 0 fully saturated rings. The van der Waals surface area contributed by atoms with Gasteiger partial charge in [0, 0.05) is 0 Å². The van der Waals surface area contributed by atoms with Gasteiger partial charge in [0.25, 0.3) is 0 Å².